The molecule has 0 atom stereocenters. The molecule has 8 aromatic carbocycles. The predicted octanol–water partition coefficient (Wildman–Crippen LogP) is 12.7. The first-order valence-corrected chi connectivity index (χ1v) is 18.5. The standard InChI is InChI=1S/C53H36N2O/c56-53(45-33-25-41(26-34-45)21-23-43-29-37-51(38-30-43)54(47-13-5-1-6-14-47)48-15-7-2-8-16-48)46-35-27-42(28-36-46)22-24-44-31-39-52(40-32-44)55(49-17-9-3-10-18-49)50-19-11-4-12-20-50/h1-20,25-40H. The van der Waals surface area contributed by atoms with Crippen LogP contribution >= 0.6 is 0 Å². The molecule has 0 radical (unpaired) electrons. The average Bonchev–Trinajstić information content (AvgIpc) is 3.28. The average molecular weight is 717 g/mol. The lowest BCUT2D eigenvalue weighted by Gasteiger charge is -2.25. The van der Waals surface area contributed by atoms with Crippen molar-refractivity contribution in [2.24, 2.45) is 0 Å². The molecule has 0 amide bonds. The monoisotopic (exact) mass is 716 g/mol. The van der Waals surface area contributed by atoms with Crippen molar-refractivity contribution in [3.05, 3.63) is 252 Å². The van der Waals surface area contributed by atoms with Gasteiger partial charge >= 0.3 is 0 Å². The second-order valence-electron chi connectivity index (χ2n) is 13.1. The first kappa shape index (κ1) is 35.2. The Labute approximate surface area is 328 Å². The van der Waals surface area contributed by atoms with Crippen molar-refractivity contribution in [2.75, 3.05) is 9.80 Å². The van der Waals surface area contributed by atoms with Gasteiger partial charge in [-0.1, -0.05) is 96.5 Å². The summed E-state index contributed by atoms with van der Waals surface area (Å²) in [7, 11) is 0. The molecule has 0 aliphatic heterocycles. The summed E-state index contributed by atoms with van der Waals surface area (Å²) in [5.74, 6) is 13.0. The molecule has 0 bridgehead atoms. The summed E-state index contributed by atoms with van der Waals surface area (Å²) in [5.41, 5.74) is 11.2. The Bertz CT molecular complexity index is 2380. The highest BCUT2D eigenvalue weighted by atomic mass is 16.1. The lowest BCUT2D eigenvalue weighted by molar-refractivity contribution is 0.103. The van der Waals surface area contributed by atoms with Crippen molar-refractivity contribution in [1.29, 1.82) is 0 Å². The number of anilines is 6. The third-order valence-electron chi connectivity index (χ3n) is 9.31. The quantitative estimate of drug-likeness (QED) is 0.116. The minimum atomic E-state index is -0.0435. The zero-order valence-electron chi connectivity index (χ0n) is 30.6. The molecule has 264 valence electrons. The largest absolute Gasteiger partial charge is 0.311 e. The second kappa shape index (κ2) is 16.9. The molecule has 0 saturated heterocycles. The van der Waals surface area contributed by atoms with E-state index in [1.165, 1.54) is 0 Å². The van der Waals surface area contributed by atoms with Crippen LogP contribution in [0.3, 0.4) is 0 Å². The number of nitrogens with zero attached hydrogens (tertiary/aromatic N) is 2. The van der Waals surface area contributed by atoms with Gasteiger partial charge in [0.2, 0.25) is 0 Å². The van der Waals surface area contributed by atoms with E-state index in [2.05, 4.69) is 106 Å². The van der Waals surface area contributed by atoms with E-state index in [9.17, 15) is 4.79 Å². The number of hydrogen-bond donors (Lipinski definition) is 0. The molecule has 3 heteroatoms. The fraction of sp³-hybridized carbons (Fsp3) is 0. The third kappa shape index (κ3) is 8.35. The molecule has 0 fully saturated rings. The third-order valence-corrected chi connectivity index (χ3v) is 9.31. The number of para-hydroxylation sites is 4. The van der Waals surface area contributed by atoms with Gasteiger partial charge < -0.3 is 9.80 Å². The van der Waals surface area contributed by atoms with Gasteiger partial charge in [-0.15, -0.1) is 0 Å². The van der Waals surface area contributed by atoms with Crippen LogP contribution in [-0.2, 0) is 0 Å². The van der Waals surface area contributed by atoms with E-state index in [4.69, 9.17) is 0 Å². The van der Waals surface area contributed by atoms with Crippen molar-refractivity contribution in [1.82, 2.24) is 0 Å². The molecule has 0 heterocycles. The van der Waals surface area contributed by atoms with Crippen LogP contribution in [0.4, 0.5) is 34.1 Å². The van der Waals surface area contributed by atoms with Crippen LogP contribution < -0.4 is 9.80 Å². The Morgan fingerprint density at radius 3 is 0.732 bits per heavy atom. The van der Waals surface area contributed by atoms with Crippen LogP contribution in [0.5, 0.6) is 0 Å². The van der Waals surface area contributed by atoms with Crippen LogP contribution in [0.25, 0.3) is 0 Å². The van der Waals surface area contributed by atoms with Crippen molar-refractivity contribution >= 4 is 39.9 Å². The van der Waals surface area contributed by atoms with Crippen molar-refractivity contribution in [3.8, 4) is 23.7 Å². The topological polar surface area (TPSA) is 23.6 Å². The number of ketones is 1. The fourth-order valence-corrected chi connectivity index (χ4v) is 6.46. The molecule has 3 nitrogen and oxygen atoms in total. The zero-order valence-corrected chi connectivity index (χ0v) is 30.6. The molecule has 0 aromatic heterocycles. The molecule has 0 aliphatic carbocycles. The maximum absolute atomic E-state index is 13.3. The highest BCUT2D eigenvalue weighted by Gasteiger charge is 2.13. The van der Waals surface area contributed by atoms with E-state index in [1.54, 1.807) is 0 Å². The number of hydrogen-bond acceptors (Lipinski definition) is 3. The summed E-state index contributed by atoms with van der Waals surface area (Å²) in [6.45, 7) is 0. The molecule has 56 heavy (non-hydrogen) atoms. The minimum absolute atomic E-state index is 0.0435. The Hall–Kier alpha value is -7.85. The van der Waals surface area contributed by atoms with Gasteiger partial charge in [0.1, 0.15) is 0 Å². The number of benzene rings is 8. The lowest BCUT2D eigenvalue weighted by Crippen LogP contribution is -2.09. The van der Waals surface area contributed by atoms with Crippen LogP contribution in [0, 0.1) is 23.7 Å². The highest BCUT2D eigenvalue weighted by Crippen LogP contribution is 2.35. The van der Waals surface area contributed by atoms with E-state index < -0.39 is 0 Å². The van der Waals surface area contributed by atoms with Gasteiger partial charge in [0.15, 0.2) is 5.78 Å². The number of carbonyl (C=O) groups is 1. The van der Waals surface area contributed by atoms with Gasteiger partial charge in [0, 0.05) is 67.5 Å². The van der Waals surface area contributed by atoms with E-state index in [0.717, 1.165) is 56.4 Å². The van der Waals surface area contributed by atoms with Crippen molar-refractivity contribution in [3.63, 3.8) is 0 Å². The molecule has 0 unspecified atom stereocenters. The second-order valence-corrected chi connectivity index (χ2v) is 13.1. The van der Waals surface area contributed by atoms with Gasteiger partial charge in [-0.2, -0.15) is 0 Å². The first-order valence-electron chi connectivity index (χ1n) is 18.5. The summed E-state index contributed by atoms with van der Waals surface area (Å²) in [6, 6.07) is 72.7. The molecule has 8 aromatic rings. The van der Waals surface area contributed by atoms with Crippen molar-refractivity contribution < 1.29 is 4.79 Å². The summed E-state index contributed by atoms with van der Waals surface area (Å²) in [4.78, 5) is 17.8. The molecule has 8 rings (SSSR count). The fourth-order valence-electron chi connectivity index (χ4n) is 6.46. The Balaban J connectivity index is 0.908. The summed E-state index contributed by atoms with van der Waals surface area (Å²) < 4.78 is 0. The van der Waals surface area contributed by atoms with Crippen molar-refractivity contribution in [2.45, 2.75) is 0 Å². The SMILES string of the molecule is O=C(c1ccc(C#Cc2ccc(N(c3ccccc3)c3ccccc3)cc2)cc1)c1ccc(C#Cc2ccc(N(c3ccccc3)c3ccccc3)cc2)cc1. The zero-order chi connectivity index (χ0) is 37.9. The van der Waals surface area contributed by atoms with E-state index in [0.29, 0.717) is 11.1 Å². The van der Waals surface area contributed by atoms with Gasteiger partial charge in [-0.3, -0.25) is 4.79 Å². The Kier molecular flexibility index (Phi) is 10.6. The predicted molar refractivity (Wildman–Crippen MR) is 231 cm³/mol. The molecular weight excluding hydrogens is 681 g/mol. The maximum atomic E-state index is 13.3. The Morgan fingerprint density at radius 2 is 0.482 bits per heavy atom. The number of carbonyl (C=O) groups excluding carboxylic acids is 1. The van der Waals surface area contributed by atoms with Crippen LogP contribution in [-0.4, -0.2) is 5.78 Å². The van der Waals surface area contributed by atoms with Crippen LogP contribution in [0.2, 0.25) is 0 Å². The maximum Gasteiger partial charge on any atom is 0.193 e. The minimum Gasteiger partial charge on any atom is -0.311 e. The lowest BCUT2D eigenvalue weighted by atomic mass is 10.0. The van der Waals surface area contributed by atoms with Crippen LogP contribution in [0.1, 0.15) is 38.2 Å². The van der Waals surface area contributed by atoms with Gasteiger partial charge in [0.05, 0.1) is 0 Å². The Morgan fingerprint density at radius 1 is 0.268 bits per heavy atom. The molecular formula is C53H36N2O. The molecule has 0 aliphatic rings. The van der Waals surface area contributed by atoms with Gasteiger partial charge in [-0.25, -0.2) is 0 Å². The summed E-state index contributed by atoms with van der Waals surface area (Å²) >= 11 is 0. The summed E-state index contributed by atoms with van der Waals surface area (Å²) in [5, 5.41) is 0. The summed E-state index contributed by atoms with van der Waals surface area (Å²) in [6.07, 6.45) is 0. The molecule has 0 spiro atoms. The highest BCUT2D eigenvalue weighted by molar-refractivity contribution is 6.09. The van der Waals surface area contributed by atoms with Crippen LogP contribution in [0.15, 0.2) is 218 Å². The van der Waals surface area contributed by atoms with Gasteiger partial charge in [0.25, 0.3) is 0 Å². The molecule has 0 saturated carbocycles. The normalized spacial score (nSPS) is 10.3. The van der Waals surface area contributed by atoms with E-state index >= 15 is 0 Å². The van der Waals surface area contributed by atoms with E-state index in [1.807, 2.05) is 146 Å². The molecule has 0 N–H and O–H groups in total. The van der Waals surface area contributed by atoms with Gasteiger partial charge in [-0.05, 0) is 146 Å². The van der Waals surface area contributed by atoms with E-state index in [-0.39, 0.29) is 5.78 Å². The smallest absolute Gasteiger partial charge is 0.193 e. The number of rotatable bonds is 8. The first-order chi connectivity index (χ1) is 27.7.